The average molecular weight is 423 g/mol. The fourth-order valence-corrected chi connectivity index (χ4v) is 3.53. The van der Waals surface area contributed by atoms with Crippen molar-refractivity contribution in [2.24, 2.45) is 11.7 Å². The first-order valence-electron chi connectivity index (χ1n) is 10.2. The van der Waals surface area contributed by atoms with Gasteiger partial charge in [0, 0.05) is 37.6 Å². The second-order valence-corrected chi connectivity index (χ2v) is 7.68. The summed E-state index contributed by atoms with van der Waals surface area (Å²) >= 11 is 0. The van der Waals surface area contributed by atoms with Crippen molar-refractivity contribution in [3.05, 3.63) is 64.9 Å². The van der Waals surface area contributed by atoms with E-state index in [9.17, 15) is 4.79 Å². The van der Waals surface area contributed by atoms with Gasteiger partial charge in [-0.15, -0.1) is 0 Å². The molecule has 0 radical (unpaired) electrons. The van der Waals surface area contributed by atoms with E-state index in [1.807, 2.05) is 31.2 Å². The van der Waals surface area contributed by atoms with Crippen molar-refractivity contribution in [1.82, 2.24) is 10.3 Å². The van der Waals surface area contributed by atoms with Crippen molar-refractivity contribution in [1.29, 1.82) is 5.41 Å². The molecule has 31 heavy (non-hydrogen) atoms. The largest absolute Gasteiger partial charge is 0.489 e. The van der Waals surface area contributed by atoms with E-state index >= 15 is 0 Å². The van der Waals surface area contributed by atoms with E-state index in [2.05, 4.69) is 11.4 Å². The molecule has 1 aliphatic rings. The Morgan fingerprint density at radius 3 is 2.61 bits per heavy atom. The quantitative estimate of drug-likeness (QED) is 0.225. The number of hydrogen-bond donors (Lipinski definition) is 4. The second-order valence-electron chi connectivity index (χ2n) is 7.68. The molecule has 6 N–H and O–H groups in total. The molecule has 2 aromatic carbocycles. The molecule has 1 fully saturated rings. The molecule has 3 rings (SSSR count). The van der Waals surface area contributed by atoms with Crippen LogP contribution >= 0.6 is 0 Å². The van der Waals surface area contributed by atoms with Gasteiger partial charge in [-0.3, -0.25) is 5.01 Å². The molecule has 8 nitrogen and oxygen atoms in total. The van der Waals surface area contributed by atoms with Gasteiger partial charge in [-0.2, -0.15) is 0 Å². The number of rotatable bonds is 8. The number of hydrogen-bond acceptors (Lipinski definition) is 6. The van der Waals surface area contributed by atoms with Gasteiger partial charge in [0.15, 0.2) is 0 Å². The van der Waals surface area contributed by atoms with Gasteiger partial charge < -0.3 is 15.5 Å². The highest BCUT2D eigenvalue weighted by Crippen LogP contribution is 2.44. The van der Waals surface area contributed by atoms with Crippen LogP contribution in [-0.2, 0) is 6.61 Å². The third-order valence-electron chi connectivity index (χ3n) is 5.31. The molecular formula is C23H30N6O2. The minimum atomic E-state index is -0.509. The number of allylic oxidation sites excluding steroid dienone is 1. The Morgan fingerprint density at radius 2 is 2.03 bits per heavy atom. The van der Waals surface area contributed by atoms with Gasteiger partial charge in [-0.25, -0.2) is 21.5 Å². The number of hydrazine groups is 2. The molecule has 164 valence electrons. The van der Waals surface area contributed by atoms with Crippen LogP contribution < -0.4 is 26.7 Å². The predicted molar refractivity (Wildman–Crippen MR) is 124 cm³/mol. The topological polar surface area (TPSA) is 121 Å². The number of amides is 2. The van der Waals surface area contributed by atoms with Crippen LogP contribution in [0.5, 0.6) is 5.75 Å². The van der Waals surface area contributed by atoms with Crippen molar-refractivity contribution >= 4 is 23.5 Å². The summed E-state index contributed by atoms with van der Waals surface area (Å²) in [7, 11) is 3.26. The number of aryl methyl sites for hydroxylation is 1. The molecule has 0 bridgehead atoms. The number of carbonyl (C=O) groups excluding carboxylic acids is 1. The van der Waals surface area contributed by atoms with E-state index in [0.29, 0.717) is 11.6 Å². The van der Waals surface area contributed by atoms with Crippen LogP contribution in [0.3, 0.4) is 0 Å². The first kappa shape index (κ1) is 22.3. The maximum absolute atomic E-state index is 12.3. The molecule has 0 unspecified atom stereocenters. The van der Waals surface area contributed by atoms with E-state index in [-0.39, 0.29) is 6.61 Å². The Bertz CT molecular complexity index is 998. The van der Waals surface area contributed by atoms with E-state index < -0.39 is 6.03 Å². The summed E-state index contributed by atoms with van der Waals surface area (Å²) in [5, 5.41) is 12.6. The van der Waals surface area contributed by atoms with Gasteiger partial charge in [0.25, 0.3) is 0 Å². The van der Waals surface area contributed by atoms with Crippen molar-refractivity contribution in [3.63, 3.8) is 0 Å². The standard InChI is InChI=1S/C23H30N6O2/c1-15-11-17(18(12-24)13-27-2)9-10-22(15)31-14-20-19(16-7-8-16)5-4-6-21(20)29(26)23(30)28(3)25/h4-6,9-13,16,24,27H,7-8,14,25-26H2,1-3H3/b18-13+,24-12?. The number of nitrogens with one attached hydrogen (secondary N) is 2. The first-order valence-corrected chi connectivity index (χ1v) is 10.2. The van der Waals surface area contributed by atoms with Crippen molar-refractivity contribution in [2.45, 2.75) is 32.3 Å². The Kier molecular flexibility index (Phi) is 6.94. The highest BCUT2D eigenvalue weighted by molar-refractivity contribution is 6.08. The molecule has 0 saturated heterocycles. The van der Waals surface area contributed by atoms with Crippen LogP contribution in [0.4, 0.5) is 10.5 Å². The normalized spacial score (nSPS) is 13.5. The van der Waals surface area contributed by atoms with E-state index in [0.717, 1.165) is 56.4 Å². The molecule has 2 aromatic rings. The average Bonchev–Trinajstić information content (AvgIpc) is 3.60. The molecule has 1 aliphatic carbocycles. The van der Waals surface area contributed by atoms with Gasteiger partial charge in [-0.1, -0.05) is 18.2 Å². The third-order valence-corrected chi connectivity index (χ3v) is 5.31. The first-order chi connectivity index (χ1) is 14.9. The van der Waals surface area contributed by atoms with Crippen LogP contribution in [-0.4, -0.2) is 31.3 Å². The van der Waals surface area contributed by atoms with Crippen molar-refractivity contribution in [3.8, 4) is 5.75 Å². The summed E-state index contributed by atoms with van der Waals surface area (Å²) in [6.45, 7) is 2.25. The summed E-state index contributed by atoms with van der Waals surface area (Å²) < 4.78 is 6.17. The lowest BCUT2D eigenvalue weighted by Gasteiger charge is -2.25. The van der Waals surface area contributed by atoms with Gasteiger partial charge >= 0.3 is 6.03 Å². The molecule has 2 amide bonds. The minimum Gasteiger partial charge on any atom is -0.489 e. The molecule has 0 heterocycles. The third kappa shape index (κ3) is 5.04. The summed E-state index contributed by atoms with van der Waals surface area (Å²) in [5.41, 5.74) is 5.29. The lowest BCUT2D eigenvalue weighted by molar-refractivity contribution is 0.216. The molecule has 0 aromatic heterocycles. The highest BCUT2D eigenvalue weighted by Gasteiger charge is 2.29. The summed E-state index contributed by atoms with van der Waals surface area (Å²) in [4.78, 5) is 12.3. The van der Waals surface area contributed by atoms with E-state index in [1.54, 1.807) is 19.3 Å². The lowest BCUT2D eigenvalue weighted by atomic mass is 10.0. The van der Waals surface area contributed by atoms with Crippen LogP contribution in [0.2, 0.25) is 0 Å². The van der Waals surface area contributed by atoms with Crippen LogP contribution in [0.25, 0.3) is 5.57 Å². The van der Waals surface area contributed by atoms with Crippen molar-refractivity contribution in [2.75, 3.05) is 19.1 Å². The lowest BCUT2D eigenvalue weighted by Crippen LogP contribution is -2.49. The predicted octanol–water partition coefficient (Wildman–Crippen LogP) is 3.27. The van der Waals surface area contributed by atoms with E-state index in [4.69, 9.17) is 21.8 Å². The minimum absolute atomic E-state index is 0.279. The van der Waals surface area contributed by atoms with E-state index in [1.165, 1.54) is 13.3 Å². The van der Waals surface area contributed by atoms with Crippen LogP contribution in [0.15, 0.2) is 42.6 Å². The number of benzene rings is 2. The second kappa shape index (κ2) is 9.63. The summed E-state index contributed by atoms with van der Waals surface area (Å²) in [5.74, 6) is 12.9. The summed E-state index contributed by atoms with van der Waals surface area (Å²) in [6, 6.07) is 11.1. The zero-order chi connectivity index (χ0) is 22.5. The number of anilines is 1. The number of carbonyl (C=O) groups is 1. The zero-order valence-electron chi connectivity index (χ0n) is 18.2. The van der Waals surface area contributed by atoms with Gasteiger partial charge in [0.2, 0.25) is 0 Å². The molecule has 8 heteroatoms. The number of nitrogens with two attached hydrogens (primary N) is 2. The molecule has 0 spiro atoms. The van der Waals surface area contributed by atoms with Gasteiger partial charge in [0.1, 0.15) is 12.4 Å². The smallest absolute Gasteiger partial charge is 0.352 e. The highest BCUT2D eigenvalue weighted by atomic mass is 16.5. The van der Waals surface area contributed by atoms with Crippen molar-refractivity contribution < 1.29 is 9.53 Å². The fraction of sp³-hybridized carbons (Fsp3) is 0.304. The summed E-state index contributed by atoms with van der Waals surface area (Å²) in [6.07, 6.45) is 5.32. The van der Waals surface area contributed by atoms with Crippen LogP contribution in [0, 0.1) is 12.3 Å². The van der Waals surface area contributed by atoms with Crippen LogP contribution in [0.1, 0.15) is 41.0 Å². The molecular weight excluding hydrogens is 392 g/mol. The Balaban J connectivity index is 1.88. The van der Waals surface area contributed by atoms with Gasteiger partial charge in [-0.05, 0) is 60.6 Å². The molecule has 1 saturated carbocycles. The Labute approximate surface area is 182 Å². The molecule has 0 aliphatic heterocycles. The van der Waals surface area contributed by atoms with Gasteiger partial charge in [0.05, 0.1) is 5.69 Å². The molecule has 0 atom stereocenters. The Morgan fingerprint density at radius 1 is 1.29 bits per heavy atom. The maximum Gasteiger partial charge on any atom is 0.352 e. The number of nitrogens with zero attached hydrogens (tertiary/aromatic N) is 2. The maximum atomic E-state index is 12.3. The number of urea groups is 1. The SMILES string of the molecule is CN/C=C(\C=N)c1ccc(OCc2c(C3CC3)cccc2N(N)C(=O)N(C)N)c(C)c1. The Hall–Kier alpha value is -3.36. The fourth-order valence-electron chi connectivity index (χ4n) is 3.53. The monoisotopic (exact) mass is 422 g/mol. The zero-order valence-corrected chi connectivity index (χ0v) is 18.2. The number of ether oxygens (including phenoxy) is 1.